The average molecular weight is 438 g/mol. The SMILES string of the molecule is CC(=O)c1ccc(OCCCC(=O)OCC(=O)N2c3ccccc3NC(=O)C2(C)C)cc1. The molecule has 2 aromatic rings. The Morgan fingerprint density at radius 3 is 2.41 bits per heavy atom. The number of ketones is 1. The summed E-state index contributed by atoms with van der Waals surface area (Å²) in [6.45, 7) is 4.59. The summed E-state index contributed by atoms with van der Waals surface area (Å²) in [5.74, 6) is -0.744. The number of benzene rings is 2. The number of hydrogen-bond donors (Lipinski definition) is 1. The molecule has 0 aliphatic carbocycles. The molecule has 1 aliphatic heterocycles. The van der Waals surface area contributed by atoms with E-state index in [4.69, 9.17) is 9.47 Å². The molecule has 0 atom stereocenters. The molecule has 2 aromatic carbocycles. The monoisotopic (exact) mass is 438 g/mol. The zero-order valence-corrected chi connectivity index (χ0v) is 18.3. The quantitative estimate of drug-likeness (QED) is 0.385. The van der Waals surface area contributed by atoms with Gasteiger partial charge in [-0.1, -0.05) is 12.1 Å². The van der Waals surface area contributed by atoms with Gasteiger partial charge in [0.25, 0.3) is 5.91 Å². The maximum atomic E-state index is 12.8. The predicted molar refractivity (Wildman–Crippen MR) is 119 cm³/mol. The number of carbonyl (C=O) groups is 4. The van der Waals surface area contributed by atoms with Crippen molar-refractivity contribution in [1.82, 2.24) is 0 Å². The molecular weight excluding hydrogens is 412 g/mol. The van der Waals surface area contributed by atoms with Gasteiger partial charge in [-0.3, -0.25) is 24.1 Å². The molecule has 1 heterocycles. The van der Waals surface area contributed by atoms with Crippen LogP contribution in [0, 0.1) is 0 Å². The molecule has 32 heavy (non-hydrogen) atoms. The number of hydrogen-bond acceptors (Lipinski definition) is 6. The smallest absolute Gasteiger partial charge is 0.306 e. The first kappa shape index (κ1) is 23.0. The fourth-order valence-corrected chi connectivity index (χ4v) is 3.37. The standard InChI is InChI=1S/C24H26N2O6/c1-16(27)17-10-12-18(13-11-17)31-14-6-9-22(29)32-15-21(28)26-20-8-5-4-7-19(20)25-23(30)24(26,2)3/h4-5,7-8,10-13H,6,9,14-15H2,1-3H3,(H,25,30). The van der Waals surface area contributed by atoms with Crippen molar-refractivity contribution in [3.05, 3.63) is 54.1 Å². The normalized spacial score (nSPS) is 14.2. The first-order valence-electron chi connectivity index (χ1n) is 10.3. The van der Waals surface area contributed by atoms with Crippen LogP contribution in [0.5, 0.6) is 5.75 Å². The van der Waals surface area contributed by atoms with Crippen molar-refractivity contribution in [2.75, 3.05) is 23.4 Å². The highest BCUT2D eigenvalue weighted by atomic mass is 16.5. The number of nitrogens with zero attached hydrogens (tertiary/aromatic N) is 1. The summed E-state index contributed by atoms with van der Waals surface area (Å²) < 4.78 is 10.7. The third-order valence-corrected chi connectivity index (χ3v) is 5.17. The minimum atomic E-state index is -1.12. The molecule has 0 unspecified atom stereocenters. The van der Waals surface area contributed by atoms with E-state index in [9.17, 15) is 19.2 Å². The van der Waals surface area contributed by atoms with Crippen molar-refractivity contribution in [2.24, 2.45) is 0 Å². The van der Waals surface area contributed by atoms with Crippen molar-refractivity contribution in [3.8, 4) is 5.75 Å². The van der Waals surface area contributed by atoms with Crippen LogP contribution in [0.25, 0.3) is 0 Å². The minimum Gasteiger partial charge on any atom is -0.494 e. The van der Waals surface area contributed by atoms with E-state index in [1.165, 1.54) is 11.8 Å². The molecule has 2 amide bonds. The Morgan fingerprint density at radius 2 is 1.72 bits per heavy atom. The summed E-state index contributed by atoms with van der Waals surface area (Å²) >= 11 is 0. The van der Waals surface area contributed by atoms with Crippen LogP contribution in [-0.4, -0.2) is 42.3 Å². The van der Waals surface area contributed by atoms with Gasteiger partial charge in [0.05, 0.1) is 18.0 Å². The number of esters is 1. The topological polar surface area (TPSA) is 102 Å². The van der Waals surface area contributed by atoms with E-state index in [0.717, 1.165) is 0 Å². The number of para-hydroxylation sites is 2. The van der Waals surface area contributed by atoms with Gasteiger partial charge < -0.3 is 14.8 Å². The van der Waals surface area contributed by atoms with Crippen LogP contribution in [0.3, 0.4) is 0 Å². The van der Waals surface area contributed by atoms with Crippen LogP contribution in [-0.2, 0) is 19.1 Å². The van der Waals surface area contributed by atoms with Crippen molar-refractivity contribution in [2.45, 2.75) is 39.2 Å². The third kappa shape index (κ3) is 5.14. The fourth-order valence-electron chi connectivity index (χ4n) is 3.37. The van der Waals surface area contributed by atoms with Gasteiger partial charge in [-0.05, 0) is 63.6 Å². The van der Waals surface area contributed by atoms with Crippen LogP contribution >= 0.6 is 0 Å². The minimum absolute atomic E-state index is 0.0223. The Hall–Kier alpha value is -3.68. The van der Waals surface area contributed by atoms with E-state index >= 15 is 0 Å². The summed E-state index contributed by atoms with van der Waals surface area (Å²) in [7, 11) is 0. The van der Waals surface area contributed by atoms with Crippen molar-refractivity contribution in [3.63, 3.8) is 0 Å². The van der Waals surface area contributed by atoms with Gasteiger partial charge in [-0.25, -0.2) is 0 Å². The molecule has 168 valence electrons. The molecule has 3 rings (SSSR count). The molecule has 0 saturated carbocycles. The predicted octanol–water partition coefficient (Wildman–Crippen LogP) is 3.36. The fraction of sp³-hybridized carbons (Fsp3) is 0.333. The number of rotatable bonds is 8. The zero-order valence-electron chi connectivity index (χ0n) is 18.3. The van der Waals surface area contributed by atoms with Gasteiger partial charge in [-0.15, -0.1) is 0 Å². The molecule has 0 aromatic heterocycles. The highest BCUT2D eigenvalue weighted by molar-refractivity contribution is 6.14. The van der Waals surface area contributed by atoms with Crippen molar-refractivity contribution in [1.29, 1.82) is 0 Å². The molecule has 1 N–H and O–H groups in total. The van der Waals surface area contributed by atoms with Crippen LogP contribution in [0.2, 0.25) is 0 Å². The Balaban J connectivity index is 1.48. The number of fused-ring (bicyclic) bond motifs is 1. The second-order valence-electron chi connectivity index (χ2n) is 7.95. The average Bonchev–Trinajstić information content (AvgIpc) is 2.76. The lowest BCUT2D eigenvalue weighted by molar-refractivity contribution is -0.148. The molecule has 0 fully saturated rings. The molecule has 1 aliphatic rings. The Morgan fingerprint density at radius 1 is 1.03 bits per heavy atom. The number of carbonyl (C=O) groups excluding carboxylic acids is 4. The lowest BCUT2D eigenvalue weighted by atomic mass is 9.96. The maximum absolute atomic E-state index is 12.8. The molecule has 0 radical (unpaired) electrons. The molecule has 8 nitrogen and oxygen atoms in total. The number of amides is 2. The van der Waals surface area contributed by atoms with Crippen molar-refractivity contribution >= 4 is 34.9 Å². The summed E-state index contributed by atoms with van der Waals surface area (Å²) in [6, 6.07) is 13.7. The van der Waals surface area contributed by atoms with Crippen LogP contribution in [0.1, 0.15) is 44.0 Å². The van der Waals surface area contributed by atoms with Gasteiger partial charge in [-0.2, -0.15) is 0 Å². The van der Waals surface area contributed by atoms with Gasteiger partial charge in [0.15, 0.2) is 12.4 Å². The first-order chi connectivity index (χ1) is 15.2. The Labute approximate surface area is 186 Å². The van der Waals surface area contributed by atoms with Gasteiger partial charge >= 0.3 is 5.97 Å². The van der Waals surface area contributed by atoms with Crippen LogP contribution in [0.4, 0.5) is 11.4 Å². The summed E-state index contributed by atoms with van der Waals surface area (Å²) in [4.78, 5) is 50.0. The molecular formula is C24H26N2O6. The van der Waals surface area contributed by atoms with Gasteiger partial charge in [0, 0.05) is 12.0 Å². The summed E-state index contributed by atoms with van der Waals surface area (Å²) in [6.07, 6.45) is 0.487. The number of anilines is 2. The lowest BCUT2D eigenvalue weighted by Crippen LogP contribution is -2.59. The molecule has 8 heteroatoms. The summed E-state index contributed by atoms with van der Waals surface area (Å²) in [5, 5.41) is 2.79. The third-order valence-electron chi connectivity index (χ3n) is 5.17. The highest BCUT2D eigenvalue weighted by Crippen LogP contribution is 2.36. The van der Waals surface area contributed by atoms with E-state index in [0.29, 0.717) is 29.1 Å². The maximum Gasteiger partial charge on any atom is 0.306 e. The van der Waals surface area contributed by atoms with Crippen molar-refractivity contribution < 1.29 is 28.7 Å². The van der Waals surface area contributed by atoms with E-state index in [1.807, 2.05) is 0 Å². The first-order valence-corrected chi connectivity index (χ1v) is 10.3. The summed E-state index contributed by atoms with van der Waals surface area (Å²) in [5.41, 5.74) is 0.568. The van der Waals surface area contributed by atoms with E-state index < -0.39 is 24.0 Å². The van der Waals surface area contributed by atoms with Crippen LogP contribution in [0.15, 0.2) is 48.5 Å². The Kier molecular flexibility index (Phi) is 6.92. The largest absolute Gasteiger partial charge is 0.494 e. The van der Waals surface area contributed by atoms with E-state index in [-0.39, 0.29) is 24.7 Å². The van der Waals surface area contributed by atoms with E-state index in [2.05, 4.69) is 5.32 Å². The molecule has 0 saturated heterocycles. The van der Waals surface area contributed by atoms with Gasteiger partial charge in [0.1, 0.15) is 11.3 Å². The number of Topliss-reactive ketones (excluding diaryl/α,β-unsaturated/α-hetero) is 1. The van der Waals surface area contributed by atoms with Crippen LogP contribution < -0.4 is 15.0 Å². The Bertz CT molecular complexity index is 1030. The lowest BCUT2D eigenvalue weighted by Gasteiger charge is -2.41. The van der Waals surface area contributed by atoms with E-state index in [1.54, 1.807) is 62.4 Å². The number of nitrogens with one attached hydrogen (secondary N) is 1. The molecule has 0 bridgehead atoms. The molecule has 0 spiro atoms. The number of ether oxygens (including phenoxy) is 2. The zero-order chi connectivity index (χ0) is 23.3. The second-order valence-corrected chi connectivity index (χ2v) is 7.95. The van der Waals surface area contributed by atoms with Gasteiger partial charge in [0.2, 0.25) is 5.91 Å². The second kappa shape index (κ2) is 9.64. The highest BCUT2D eigenvalue weighted by Gasteiger charge is 2.43.